The molecule has 0 radical (unpaired) electrons. The average molecular weight is 269 g/mol. The van der Waals surface area contributed by atoms with Gasteiger partial charge < -0.3 is 10.4 Å². The maximum atomic E-state index is 11.0. The van der Waals surface area contributed by atoms with Crippen molar-refractivity contribution in [1.29, 1.82) is 0 Å². The minimum Gasteiger partial charge on any atom is -0.478 e. The quantitative estimate of drug-likeness (QED) is 0.672. The molecule has 0 spiro atoms. The third-order valence-corrected chi connectivity index (χ3v) is 2.99. The Morgan fingerprint density at radius 3 is 3.00 bits per heavy atom. The van der Waals surface area contributed by atoms with Gasteiger partial charge in [0, 0.05) is 5.69 Å². The molecule has 0 aliphatic rings. The smallest absolute Gasteiger partial charge is 0.335 e. The van der Waals surface area contributed by atoms with Crippen LogP contribution in [0.15, 0.2) is 30.7 Å². The largest absolute Gasteiger partial charge is 0.478 e. The van der Waals surface area contributed by atoms with Crippen LogP contribution in [0.2, 0.25) is 0 Å². The van der Waals surface area contributed by atoms with Crippen LogP contribution in [0.5, 0.6) is 0 Å². The zero-order chi connectivity index (χ0) is 14.1. The van der Waals surface area contributed by atoms with Crippen LogP contribution in [0, 0.1) is 6.92 Å². The van der Waals surface area contributed by atoms with Gasteiger partial charge >= 0.3 is 5.97 Å². The Labute approximate surface area is 113 Å². The van der Waals surface area contributed by atoms with Crippen LogP contribution in [-0.2, 0) is 0 Å². The Morgan fingerprint density at radius 2 is 2.20 bits per heavy atom. The van der Waals surface area contributed by atoms with Crippen LogP contribution in [0.25, 0.3) is 11.0 Å². The third kappa shape index (κ3) is 2.05. The monoisotopic (exact) mass is 269 g/mol. The number of aromatic nitrogens is 4. The summed E-state index contributed by atoms with van der Waals surface area (Å²) in [7, 11) is 0. The number of benzene rings is 1. The zero-order valence-electron chi connectivity index (χ0n) is 10.6. The normalized spacial score (nSPS) is 10.7. The number of hydrogen-bond donors (Lipinski definition) is 3. The highest BCUT2D eigenvalue weighted by molar-refractivity contribution is 5.91. The van der Waals surface area contributed by atoms with Gasteiger partial charge in [-0.2, -0.15) is 5.10 Å². The molecule has 0 amide bonds. The van der Waals surface area contributed by atoms with E-state index in [1.807, 2.05) is 6.92 Å². The summed E-state index contributed by atoms with van der Waals surface area (Å²) in [6.07, 6.45) is 3.03. The molecule has 0 unspecified atom stereocenters. The second kappa shape index (κ2) is 4.61. The molecule has 0 saturated heterocycles. The van der Waals surface area contributed by atoms with Crippen molar-refractivity contribution in [3.05, 3.63) is 41.9 Å². The number of aryl methyl sites for hydroxylation is 1. The van der Waals surface area contributed by atoms with Gasteiger partial charge in [-0.25, -0.2) is 14.8 Å². The molecule has 0 saturated carbocycles. The lowest BCUT2D eigenvalue weighted by Crippen LogP contribution is -2.01. The fourth-order valence-corrected chi connectivity index (χ4v) is 1.88. The lowest BCUT2D eigenvalue weighted by Gasteiger charge is -2.10. The number of fused-ring (bicyclic) bond motifs is 1. The van der Waals surface area contributed by atoms with Gasteiger partial charge in [-0.15, -0.1) is 0 Å². The number of nitrogens with zero attached hydrogens (tertiary/aromatic N) is 3. The molecule has 0 aliphatic heterocycles. The highest BCUT2D eigenvalue weighted by atomic mass is 16.4. The van der Waals surface area contributed by atoms with Crippen LogP contribution in [-0.4, -0.2) is 31.2 Å². The van der Waals surface area contributed by atoms with Crippen LogP contribution < -0.4 is 5.32 Å². The number of hydrogen-bond acceptors (Lipinski definition) is 5. The first-order chi connectivity index (χ1) is 9.65. The summed E-state index contributed by atoms with van der Waals surface area (Å²) in [6.45, 7) is 1.89. The molecule has 3 aromatic rings. The number of nitrogens with one attached hydrogen (secondary N) is 2. The van der Waals surface area contributed by atoms with Crippen molar-refractivity contribution < 1.29 is 9.90 Å². The zero-order valence-corrected chi connectivity index (χ0v) is 10.6. The van der Waals surface area contributed by atoms with E-state index in [4.69, 9.17) is 5.11 Å². The molecule has 7 heteroatoms. The molecule has 7 nitrogen and oxygen atoms in total. The average Bonchev–Trinajstić information content (AvgIpc) is 2.90. The van der Waals surface area contributed by atoms with Crippen LogP contribution in [0.4, 0.5) is 11.5 Å². The fourth-order valence-electron chi connectivity index (χ4n) is 1.88. The molecular weight excluding hydrogens is 258 g/mol. The van der Waals surface area contributed by atoms with Gasteiger partial charge in [0.05, 0.1) is 17.1 Å². The SMILES string of the molecule is Cc1ccc(C(=O)O)cc1Nc1ncnc2[nH]ncc12. The van der Waals surface area contributed by atoms with Gasteiger partial charge in [0.15, 0.2) is 5.65 Å². The highest BCUT2D eigenvalue weighted by Crippen LogP contribution is 2.24. The number of H-pyrrole nitrogens is 1. The number of rotatable bonds is 3. The van der Waals surface area contributed by atoms with Crippen molar-refractivity contribution in [1.82, 2.24) is 20.2 Å². The lowest BCUT2D eigenvalue weighted by atomic mass is 10.1. The van der Waals surface area contributed by atoms with Crippen molar-refractivity contribution in [3.63, 3.8) is 0 Å². The van der Waals surface area contributed by atoms with Gasteiger partial charge in [-0.05, 0) is 24.6 Å². The number of aromatic amines is 1. The minimum atomic E-state index is -0.968. The van der Waals surface area contributed by atoms with Gasteiger partial charge in [0.25, 0.3) is 0 Å². The standard InChI is InChI=1S/C13H11N5O2/c1-7-2-3-8(13(19)20)4-10(7)17-11-9-5-16-18-12(9)15-6-14-11/h2-6H,1H3,(H,19,20)(H2,14,15,16,17,18). The van der Waals surface area contributed by atoms with Crippen LogP contribution in [0.3, 0.4) is 0 Å². The third-order valence-electron chi connectivity index (χ3n) is 2.99. The summed E-state index contributed by atoms with van der Waals surface area (Å²) >= 11 is 0. The number of carboxylic acids is 1. The fraction of sp³-hybridized carbons (Fsp3) is 0.0769. The first kappa shape index (κ1) is 12.1. The van der Waals surface area contributed by atoms with E-state index in [1.54, 1.807) is 24.4 Å². The lowest BCUT2D eigenvalue weighted by molar-refractivity contribution is 0.0697. The van der Waals surface area contributed by atoms with Crippen LogP contribution >= 0.6 is 0 Å². The van der Waals surface area contributed by atoms with E-state index >= 15 is 0 Å². The van der Waals surface area contributed by atoms with Gasteiger partial charge in [-0.3, -0.25) is 5.10 Å². The van der Waals surface area contributed by atoms with Crippen molar-refractivity contribution >= 4 is 28.5 Å². The predicted octanol–water partition coefficient (Wildman–Crippen LogP) is 2.10. The Kier molecular flexibility index (Phi) is 2.79. The van der Waals surface area contributed by atoms with E-state index in [9.17, 15) is 4.79 Å². The van der Waals surface area contributed by atoms with Gasteiger partial charge in [0.2, 0.25) is 0 Å². The molecule has 0 fully saturated rings. The van der Waals surface area contributed by atoms with E-state index in [-0.39, 0.29) is 5.56 Å². The van der Waals surface area contributed by atoms with E-state index in [0.29, 0.717) is 17.2 Å². The maximum absolute atomic E-state index is 11.0. The molecule has 0 bridgehead atoms. The Morgan fingerprint density at radius 1 is 1.35 bits per heavy atom. The molecular formula is C13H11N5O2. The molecule has 2 aromatic heterocycles. The summed E-state index contributed by atoms with van der Waals surface area (Å²) in [4.78, 5) is 19.2. The molecule has 0 atom stereocenters. The summed E-state index contributed by atoms with van der Waals surface area (Å²) in [5.74, 6) is -0.390. The summed E-state index contributed by atoms with van der Waals surface area (Å²) in [5.41, 5.74) is 2.45. The van der Waals surface area contributed by atoms with Gasteiger partial charge in [0.1, 0.15) is 12.1 Å². The second-order valence-electron chi connectivity index (χ2n) is 4.31. The molecule has 2 heterocycles. The van der Waals surface area contributed by atoms with E-state index in [2.05, 4.69) is 25.5 Å². The Balaban J connectivity index is 2.04. The van der Waals surface area contributed by atoms with Crippen molar-refractivity contribution in [2.75, 3.05) is 5.32 Å². The summed E-state index contributed by atoms with van der Waals surface area (Å²) in [5, 5.41) is 19.6. The number of aromatic carboxylic acids is 1. The summed E-state index contributed by atoms with van der Waals surface area (Å²) < 4.78 is 0. The second-order valence-corrected chi connectivity index (χ2v) is 4.31. The number of carboxylic acid groups (broad SMARTS) is 1. The Bertz CT molecular complexity index is 796. The molecule has 0 aliphatic carbocycles. The molecule has 1 aromatic carbocycles. The van der Waals surface area contributed by atoms with Crippen molar-refractivity contribution in [2.45, 2.75) is 6.92 Å². The Hall–Kier alpha value is -2.96. The first-order valence-electron chi connectivity index (χ1n) is 5.90. The molecule has 3 rings (SSSR count). The molecule has 100 valence electrons. The minimum absolute atomic E-state index is 0.218. The van der Waals surface area contributed by atoms with E-state index in [1.165, 1.54) is 6.33 Å². The van der Waals surface area contributed by atoms with E-state index < -0.39 is 5.97 Å². The highest BCUT2D eigenvalue weighted by Gasteiger charge is 2.09. The summed E-state index contributed by atoms with van der Waals surface area (Å²) in [6, 6.07) is 4.89. The molecule has 20 heavy (non-hydrogen) atoms. The number of carbonyl (C=O) groups is 1. The van der Waals surface area contributed by atoms with Crippen molar-refractivity contribution in [3.8, 4) is 0 Å². The topological polar surface area (TPSA) is 104 Å². The number of anilines is 2. The molecule has 3 N–H and O–H groups in total. The van der Waals surface area contributed by atoms with Gasteiger partial charge in [-0.1, -0.05) is 6.07 Å². The van der Waals surface area contributed by atoms with Crippen LogP contribution in [0.1, 0.15) is 15.9 Å². The van der Waals surface area contributed by atoms with E-state index in [0.717, 1.165) is 10.9 Å². The maximum Gasteiger partial charge on any atom is 0.335 e. The first-order valence-corrected chi connectivity index (χ1v) is 5.90. The predicted molar refractivity (Wildman–Crippen MR) is 73.1 cm³/mol. The van der Waals surface area contributed by atoms with Crippen molar-refractivity contribution in [2.24, 2.45) is 0 Å².